The van der Waals surface area contributed by atoms with Gasteiger partial charge in [-0.05, 0) is 43.7 Å². The number of aryl methyl sites for hydroxylation is 2. The van der Waals surface area contributed by atoms with Crippen LogP contribution in [0.2, 0.25) is 0 Å². The van der Waals surface area contributed by atoms with Gasteiger partial charge in [0.2, 0.25) is 0 Å². The Morgan fingerprint density at radius 1 is 1.27 bits per heavy atom. The van der Waals surface area contributed by atoms with Crippen LogP contribution in [-0.4, -0.2) is 10.5 Å². The zero-order valence-electron chi connectivity index (χ0n) is 12.3. The molecular formula is C17H15FN2OS. The van der Waals surface area contributed by atoms with Crippen LogP contribution in [0.1, 0.15) is 22.8 Å². The van der Waals surface area contributed by atoms with E-state index in [-0.39, 0.29) is 5.56 Å². The Morgan fingerprint density at radius 3 is 2.77 bits per heavy atom. The summed E-state index contributed by atoms with van der Waals surface area (Å²) in [6.07, 6.45) is 0. The zero-order chi connectivity index (χ0) is 15.7. The van der Waals surface area contributed by atoms with Crippen LogP contribution in [0.4, 0.5) is 4.39 Å². The summed E-state index contributed by atoms with van der Waals surface area (Å²) in [4.78, 5) is 17.0. The SMILES string of the molecule is CCn1c(=NC(=O)c2ccccc2F)sc2cc(C)ccc21. The highest BCUT2D eigenvalue weighted by Gasteiger charge is 2.11. The molecule has 0 atom stereocenters. The molecule has 2 aromatic carbocycles. The van der Waals surface area contributed by atoms with E-state index in [0.29, 0.717) is 11.3 Å². The van der Waals surface area contributed by atoms with E-state index in [9.17, 15) is 9.18 Å². The molecule has 1 aromatic heterocycles. The lowest BCUT2D eigenvalue weighted by molar-refractivity contribution is 0.0994. The molecule has 0 fully saturated rings. The maximum absolute atomic E-state index is 13.7. The van der Waals surface area contributed by atoms with Gasteiger partial charge in [0.1, 0.15) is 5.82 Å². The predicted octanol–water partition coefficient (Wildman–Crippen LogP) is 3.91. The van der Waals surface area contributed by atoms with E-state index in [2.05, 4.69) is 11.1 Å². The number of thiazole rings is 1. The number of hydrogen-bond donors (Lipinski definition) is 0. The van der Waals surface area contributed by atoms with Crippen molar-refractivity contribution in [3.05, 3.63) is 64.2 Å². The number of carbonyl (C=O) groups is 1. The maximum Gasteiger partial charge on any atom is 0.282 e. The van der Waals surface area contributed by atoms with Gasteiger partial charge in [-0.2, -0.15) is 4.99 Å². The van der Waals surface area contributed by atoms with Crippen LogP contribution >= 0.6 is 11.3 Å². The van der Waals surface area contributed by atoms with Crippen LogP contribution in [-0.2, 0) is 6.54 Å². The molecule has 3 nitrogen and oxygen atoms in total. The Bertz CT molecular complexity index is 924. The quantitative estimate of drug-likeness (QED) is 0.706. The lowest BCUT2D eigenvalue weighted by atomic mass is 10.2. The summed E-state index contributed by atoms with van der Waals surface area (Å²) in [7, 11) is 0. The second-order valence-corrected chi connectivity index (χ2v) is 6.01. The molecule has 0 unspecified atom stereocenters. The second-order valence-electron chi connectivity index (χ2n) is 5.00. The third-order valence-electron chi connectivity index (χ3n) is 3.46. The van der Waals surface area contributed by atoms with Crippen molar-refractivity contribution in [2.45, 2.75) is 20.4 Å². The minimum atomic E-state index is -0.552. The Hall–Kier alpha value is -2.27. The molecule has 0 spiro atoms. The normalized spacial score (nSPS) is 12.0. The number of fused-ring (bicyclic) bond motifs is 1. The van der Waals surface area contributed by atoms with Crippen LogP contribution in [0.3, 0.4) is 0 Å². The van der Waals surface area contributed by atoms with E-state index in [4.69, 9.17) is 0 Å². The van der Waals surface area contributed by atoms with Crippen molar-refractivity contribution in [3.63, 3.8) is 0 Å². The Balaban J connectivity index is 2.17. The molecule has 0 aliphatic carbocycles. The average Bonchev–Trinajstić information content (AvgIpc) is 2.83. The number of halogens is 1. The number of amides is 1. The highest BCUT2D eigenvalue weighted by Crippen LogP contribution is 2.19. The fourth-order valence-electron chi connectivity index (χ4n) is 2.35. The van der Waals surface area contributed by atoms with Gasteiger partial charge < -0.3 is 4.57 Å². The van der Waals surface area contributed by atoms with Gasteiger partial charge in [0.05, 0.1) is 15.8 Å². The number of rotatable bonds is 2. The topological polar surface area (TPSA) is 34.4 Å². The van der Waals surface area contributed by atoms with Crippen LogP contribution in [0.25, 0.3) is 10.2 Å². The van der Waals surface area contributed by atoms with E-state index in [0.717, 1.165) is 15.8 Å². The minimum Gasteiger partial charge on any atom is -0.317 e. The Morgan fingerprint density at radius 2 is 2.05 bits per heavy atom. The van der Waals surface area contributed by atoms with Crippen molar-refractivity contribution >= 4 is 27.5 Å². The van der Waals surface area contributed by atoms with Crippen LogP contribution in [0.15, 0.2) is 47.5 Å². The average molecular weight is 314 g/mol. The van der Waals surface area contributed by atoms with E-state index in [1.165, 1.54) is 23.5 Å². The Labute approximate surface area is 131 Å². The summed E-state index contributed by atoms with van der Waals surface area (Å²) in [6, 6.07) is 12.0. The van der Waals surface area contributed by atoms with Gasteiger partial charge in [0.15, 0.2) is 4.80 Å². The third kappa shape index (κ3) is 2.60. The molecule has 5 heteroatoms. The summed E-state index contributed by atoms with van der Waals surface area (Å²) < 4.78 is 16.7. The van der Waals surface area contributed by atoms with E-state index in [1.807, 2.05) is 30.5 Å². The first-order valence-corrected chi connectivity index (χ1v) is 7.85. The minimum absolute atomic E-state index is 0.00112. The van der Waals surface area contributed by atoms with Crippen molar-refractivity contribution in [2.75, 3.05) is 0 Å². The molecular weight excluding hydrogens is 299 g/mol. The van der Waals surface area contributed by atoms with Gasteiger partial charge in [0, 0.05) is 6.54 Å². The van der Waals surface area contributed by atoms with Crippen molar-refractivity contribution in [1.29, 1.82) is 0 Å². The lowest BCUT2D eigenvalue weighted by Gasteiger charge is -2.01. The highest BCUT2D eigenvalue weighted by molar-refractivity contribution is 7.16. The number of aromatic nitrogens is 1. The Kier molecular flexibility index (Phi) is 3.90. The molecule has 0 aliphatic rings. The molecule has 0 saturated carbocycles. The molecule has 0 aliphatic heterocycles. The molecule has 3 rings (SSSR count). The first-order chi connectivity index (χ1) is 10.6. The number of benzene rings is 2. The summed E-state index contributed by atoms with van der Waals surface area (Å²) in [6.45, 7) is 4.72. The van der Waals surface area contributed by atoms with Crippen LogP contribution in [0, 0.1) is 12.7 Å². The number of hydrogen-bond acceptors (Lipinski definition) is 2. The fourth-order valence-corrected chi connectivity index (χ4v) is 3.54. The predicted molar refractivity (Wildman–Crippen MR) is 86.5 cm³/mol. The molecule has 0 radical (unpaired) electrons. The molecule has 1 amide bonds. The van der Waals surface area contributed by atoms with Gasteiger partial charge in [-0.25, -0.2) is 4.39 Å². The van der Waals surface area contributed by atoms with Crippen molar-refractivity contribution < 1.29 is 9.18 Å². The third-order valence-corrected chi connectivity index (χ3v) is 4.50. The maximum atomic E-state index is 13.7. The zero-order valence-corrected chi connectivity index (χ0v) is 13.2. The first-order valence-electron chi connectivity index (χ1n) is 7.03. The molecule has 112 valence electrons. The molecule has 3 aromatic rings. The molecule has 0 saturated heterocycles. The van der Waals surface area contributed by atoms with E-state index >= 15 is 0 Å². The molecule has 0 N–H and O–H groups in total. The standard InChI is InChI=1S/C17H15FN2OS/c1-3-20-14-9-8-11(2)10-15(14)22-17(20)19-16(21)12-6-4-5-7-13(12)18/h4-10H,3H2,1-2H3. The molecule has 1 heterocycles. The number of nitrogens with zero attached hydrogens (tertiary/aromatic N) is 2. The van der Waals surface area contributed by atoms with Crippen LogP contribution < -0.4 is 4.80 Å². The van der Waals surface area contributed by atoms with Gasteiger partial charge in [0.25, 0.3) is 5.91 Å². The largest absolute Gasteiger partial charge is 0.317 e. The van der Waals surface area contributed by atoms with Gasteiger partial charge >= 0.3 is 0 Å². The van der Waals surface area contributed by atoms with Gasteiger partial charge in [-0.1, -0.05) is 29.5 Å². The summed E-state index contributed by atoms with van der Waals surface area (Å²) in [5, 5.41) is 0. The van der Waals surface area contributed by atoms with Gasteiger partial charge in [-0.3, -0.25) is 4.79 Å². The van der Waals surface area contributed by atoms with Gasteiger partial charge in [-0.15, -0.1) is 0 Å². The fraction of sp³-hybridized carbons (Fsp3) is 0.176. The smallest absolute Gasteiger partial charge is 0.282 e. The lowest BCUT2D eigenvalue weighted by Crippen LogP contribution is -2.16. The summed E-state index contributed by atoms with van der Waals surface area (Å²) >= 11 is 1.44. The number of carbonyl (C=O) groups excluding carboxylic acids is 1. The first kappa shape index (κ1) is 14.7. The van der Waals surface area contributed by atoms with Crippen molar-refractivity contribution in [1.82, 2.24) is 4.57 Å². The van der Waals surface area contributed by atoms with E-state index in [1.54, 1.807) is 12.1 Å². The highest BCUT2D eigenvalue weighted by atomic mass is 32.1. The monoisotopic (exact) mass is 314 g/mol. The second kappa shape index (κ2) is 5.85. The van der Waals surface area contributed by atoms with Crippen molar-refractivity contribution in [2.24, 2.45) is 4.99 Å². The van der Waals surface area contributed by atoms with Crippen molar-refractivity contribution in [3.8, 4) is 0 Å². The molecule has 22 heavy (non-hydrogen) atoms. The molecule has 0 bridgehead atoms. The summed E-state index contributed by atoms with van der Waals surface area (Å²) in [5.41, 5.74) is 2.20. The van der Waals surface area contributed by atoms with E-state index < -0.39 is 11.7 Å². The van der Waals surface area contributed by atoms with Crippen LogP contribution in [0.5, 0.6) is 0 Å². The summed E-state index contributed by atoms with van der Waals surface area (Å²) in [5.74, 6) is -1.10.